The summed E-state index contributed by atoms with van der Waals surface area (Å²) >= 11 is 0. The number of unbranched alkanes of at least 4 members (excludes halogenated alkanes) is 1. The molecule has 2 atom stereocenters. The van der Waals surface area contributed by atoms with Crippen LogP contribution in [0, 0.1) is 11.7 Å². The minimum atomic E-state index is -0.991. The van der Waals surface area contributed by atoms with Gasteiger partial charge in [-0.3, -0.25) is 0 Å². The van der Waals surface area contributed by atoms with Gasteiger partial charge in [0.15, 0.2) is 0 Å². The first-order valence-corrected chi connectivity index (χ1v) is 11.0. The topological polar surface area (TPSA) is 21.3 Å². The molecule has 1 aliphatic rings. The molecule has 0 bridgehead atoms. The predicted molar refractivity (Wildman–Crippen MR) is 115 cm³/mol. The van der Waals surface area contributed by atoms with E-state index in [2.05, 4.69) is 5.32 Å². The molecular formula is C25H33F2NO. The van der Waals surface area contributed by atoms with Crippen LogP contribution >= 0.6 is 0 Å². The van der Waals surface area contributed by atoms with E-state index in [1.165, 1.54) is 31.7 Å². The highest BCUT2D eigenvalue weighted by Crippen LogP contribution is 2.26. The van der Waals surface area contributed by atoms with E-state index in [4.69, 9.17) is 4.74 Å². The molecule has 1 heterocycles. The number of hydrogen-bond donors (Lipinski definition) is 1. The zero-order valence-electron chi connectivity index (χ0n) is 17.2. The van der Waals surface area contributed by atoms with Gasteiger partial charge in [-0.15, -0.1) is 0 Å². The molecule has 1 saturated heterocycles. The van der Waals surface area contributed by atoms with E-state index in [0.29, 0.717) is 12.0 Å². The van der Waals surface area contributed by atoms with Gasteiger partial charge in [0.05, 0.1) is 13.2 Å². The Morgan fingerprint density at radius 3 is 2.76 bits per heavy atom. The quantitative estimate of drug-likeness (QED) is 0.472. The van der Waals surface area contributed by atoms with Gasteiger partial charge in [-0.1, -0.05) is 61.7 Å². The normalized spacial score (nSPS) is 18.3. The smallest absolute Gasteiger partial charge is 0.129 e. The lowest BCUT2D eigenvalue weighted by Gasteiger charge is -2.15. The average molecular weight is 402 g/mol. The van der Waals surface area contributed by atoms with Gasteiger partial charge in [-0.05, 0) is 61.9 Å². The molecule has 1 fully saturated rings. The number of nitrogens with one attached hydrogen (secondary N) is 1. The Labute approximate surface area is 173 Å². The summed E-state index contributed by atoms with van der Waals surface area (Å²) in [5.41, 5.74) is 2.24. The SMILES string of the molecule is Fc1cccc(-c2ccccc2)c1COCC(F)CCCCC1CCCCNC1. The number of alkyl halides is 1. The van der Waals surface area contributed by atoms with E-state index < -0.39 is 6.17 Å². The van der Waals surface area contributed by atoms with E-state index in [-0.39, 0.29) is 19.0 Å². The number of halogens is 2. The van der Waals surface area contributed by atoms with Crippen LogP contribution in [0.2, 0.25) is 0 Å². The molecule has 2 unspecified atom stereocenters. The Kier molecular flexibility index (Phi) is 9.10. The standard InChI is InChI=1S/C25H33F2NO/c26-22(13-5-4-9-20-10-6-7-16-28-17-20)18-29-19-24-23(14-8-15-25(24)27)21-11-2-1-3-12-21/h1-3,8,11-12,14-15,20,22,28H,4-7,9-10,13,16-19H2. The first-order valence-electron chi connectivity index (χ1n) is 11.0. The molecule has 2 nitrogen and oxygen atoms in total. The van der Waals surface area contributed by atoms with Gasteiger partial charge < -0.3 is 10.1 Å². The number of ether oxygens (including phenoxy) is 1. The molecule has 1 aliphatic heterocycles. The van der Waals surface area contributed by atoms with Crippen LogP contribution in [-0.4, -0.2) is 25.9 Å². The van der Waals surface area contributed by atoms with Crippen molar-refractivity contribution in [3.63, 3.8) is 0 Å². The second-order valence-electron chi connectivity index (χ2n) is 8.09. The molecule has 0 spiro atoms. The Balaban J connectivity index is 1.39. The van der Waals surface area contributed by atoms with Crippen LogP contribution in [-0.2, 0) is 11.3 Å². The van der Waals surface area contributed by atoms with Crippen molar-refractivity contribution in [3.8, 4) is 11.1 Å². The van der Waals surface area contributed by atoms with Crippen LogP contribution in [0.15, 0.2) is 48.5 Å². The summed E-state index contributed by atoms with van der Waals surface area (Å²) in [5, 5.41) is 3.49. The molecule has 1 N–H and O–H groups in total. The van der Waals surface area contributed by atoms with E-state index in [1.807, 2.05) is 36.4 Å². The summed E-state index contributed by atoms with van der Waals surface area (Å²) in [5.74, 6) is 0.433. The van der Waals surface area contributed by atoms with Crippen LogP contribution in [0.1, 0.15) is 50.5 Å². The lowest BCUT2D eigenvalue weighted by molar-refractivity contribution is 0.0640. The van der Waals surface area contributed by atoms with Crippen molar-refractivity contribution in [2.45, 2.75) is 57.7 Å². The minimum absolute atomic E-state index is 0.0214. The summed E-state index contributed by atoms with van der Waals surface area (Å²) in [6.45, 7) is 2.35. The first kappa shape index (κ1) is 21.9. The fourth-order valence-corrected chi connectivity index (χ4v) is 4.10. The molecule has 29 heavy (non-hydrogen) atoms. The van der Waals surface area contributed by atoms with Gasteiger partial charge in [-0.2, -0.15) is 0 Å². The van der Waals surface area contributed by atoms with Crippen molar-refractivity contribution in [3.05, 3.63) is 59.9 Å². The molecule has 3 rings (SSSR count). The zero-order chi connectivity index (χ0) is 20.3. The molecular weight excluding hydrogens is 368 g/mol. The third-order valence-electron chi connectivity index (χ3n) is 5.78. The Morgan fingerprint density at radius 2 is 1.90 bits per heavy atom. The number of benzene rings is 2. The van der Waals surface area contributed by atoms with Crippen LogP contribution in [0.3, 0.4) is 0 Å². The first-order chi connectivity index (χ1) is 14.2. The molecule has 0 saturated carbocycles. The maximum atomic E-state index is 14.3. The second-order valence-corrected chi connectivity index (χ2v) is 8.09. The van der Waals surface area contributed by atoms with Crippen molar-refractivity contribution >= 4 is 0 Å². The highest BCUT2D eigenvalue weighted by molar-refractivity contribution is 5.67. The Bertz CT molecular complexity index is 714. The largest absolute Gasteiger partial charge is 0.374 e. The zero-order valence-corrected chi connectivity index (χ0v) is 17.2. The average Bonchev–Trinajstić information content (AvgIpc) is 3.02. The third-order valence-corrected chi connectivity index (χ3v) is 5.78. The van der Waals surface area contributed by atoms with E-state index in [1.54, 1.807) is 6.07 Å². The van der Waals surface area contributed by atoms with Gasteiger partial charge in [0.25, 0.3) is 0 Å². The lowest BCUT2D eigenvalue weighted by Crippen LogP contribution is -2.20. The fourth-order valence-electron chi connectivity index (χ4n) is 4.10. The Hall–Kier alpha value is -1.78. The second kappa shape index (κ2) is 12.0. The van der Waals surface area contributed by atoms with Gasteiger partial charge in [0.1, 0.15) is 12.0 Å². The monoisotopic (exact) mass is 401 g/mol. The number of hydrogen-bond acceptors (Lipinski definition) is 2. The van der Waals surface area contributed by atoms with E-state index >= 15 is 0 Å². The molecule has 4 heteroatoms. The van der Waals surface area contributed by atoms with Gasteiger partial charge in [0.2, 0.25) is 0 Å². The molecule has 0 amide bonds. The van der Waals surface area contributed by atoms with Crippen molar-refractivity contribution in [1.29, 1.82) is 0 Å². The Morgan fingerprint density at radius 1 is 1.03 bits per heavy atom. The van der Waals surface area contributed by atoms with E-state index in [0.717, 1.165) is 43.0 Å². The summed E-state index contributed by atoms with van der Waals surface area (Å²) in [7, 11) is 0. The van der Waals surface area contributed by atoms with Crippen molar-refractivity contribution in [1.82, 2.24) is 5.32 Å². The highest BCUT2D eigenvalue weighted by atomic mass is 19.1. The fraction of sp³-hybridized carbons (Fsp3) is 0.520. The molecule has 158 valence electrons. The van der Waals surface area contributed by atoms with Gasteiger partial charge in [-0.25, -0.2) is 8.78 Å². The lowest BCUT2D eigenvalue weighted by atomic mass is 9.96. The van der Waals surface area contributed by atoms with Crippen molar-refractivity contribution in [2.75, 3.05) is 19.7 Å². The summed E-state index contributed by atoms with van der Waals surface area (Å²) in [6.07, 6.45) is 6.52. The van der Waals surface area contributed by atoms with Crippen LogP contribution in [0.5, 0.6) is 0 Å². The highest BCUT2D eigenvalue weighted by Gasteiger charge is 2.14. The summed E-state index contributed by atoms with van der Waals surface area (Å²) < 4.78 is 34.1. The molecule has 2 aromatic carbocycles. The van der Waals surface area contributed by atoms with Crippen LogP contribution in [0.25, 0.3) is 11.1 Å². The predicted octanol–water partition coefficient (Wildman–Crippen LogP) is 6.30. The van der Waals surface area contributed by atoms with Crippen molar-refractivity contribution in [2.24, 2.45) is 5.92 Å². The van der Waals surface area contributed by atoms with Crippen LogP contribution < -0.4 is 5.32 Å². The van der Waals surface area contributed by atoms with Crippen molar-refractivity contribution < 1.29 is 13.5 Å². The van der Waals surface area contributed by atoms with Crippen LogP contribution in [0.4, 0.5) is 8.78 Å². The van der Waals surface area contributed by atoms with Gasteiger partial charge in [0, 0.05) is 5.56 Å². The summed E-state index contributed by atoms with van der Waals surface area (Å²) in [6, 6.07) is 14.7. The van der Waals surface area contributed by atoms with Gasteiger partial charge >= 0.3 is 0 Å². The minimum Gasteiger partial charge on any atom is -0.374 e. The maximum Gasteiger partial charge on any atom is 0.129 e. The molecule has 2 aromatic rings. The maximum absolute atomic E-state index is 14.3. The third kappa shape index (κ3) is 7.20. The van der Waals surface area contributed by atoms with E-state index in [9.17, 15) is 8.78 Å². The molecule has 0 radical (unpaired) electrons. The summed E-state index contributed by atoms with van der Waals surface area (Å²) in [4.78, 5) is 0. The number of rotatable bonds is 10. The molecule has 0 aliphatic carbocycles. The molecule has 0 aromatic heterocycles.